The van der Waals surface area contributed by atoms with Crippen molar-refractivity contribution in [2.45, 2.75) is 6.61 Å². The van der Waals surface area contributed by atoms with E-state index in [1.54, 1.807) is 28.8 Å². The number of fused-ring (bicyclic) bond motifs is 1. The number of hydrogen-bond donors (Lipinski definition) is 0. The Morgan fingerprint density at radius 3 is 2.77 bits per heavy atom. The first kappa shape index (κ1) is 17.0. The first-order chi connectivity index (χ1) is 12.6. The molecule has 0 fully saturated rings. The predicted octanol–water partition coefficient (Wildman–Crippen LogP) is 5.00. The Balaban J connectivity index is 1.57. The van der Waals surface area contributed by atoms with Crippen LogP contribution in [-0.4, -0.2) is 17.9 Å². The van der Waals surface area contributed by atoms with E-state index in [2.05, 4.69) is 20.9 Å². The summed E-state index contributed by atoms with van der Waals surface area (Å²) in [5.74, 6) is 0.778. The first-order valence-electron chi connectivity index (χ1n) is 8.01. The Bertz CT molecular complexity index is 982. The summed E-state index contributed by atoms with van der Waals surface area (Å²) < 4.78 is 6.68. The van der Waals surface area contributed by atoms with Crippen LogP contribution in [0.4, 0.5) is 5.69 Å². The molecule has 2 aromatic carbocycles. The minimum Gasteiger partial charge on any atom is -0.487 e. The van der Waals surface area contributed by atoms with E-state index in [1.165, 1.54) is 0 Å². The van der Waals surface area contributed by atoms with Crippen LogP contribution in [0, 0.1) is 0 Å². The molecule has 4 nitrogen and oxygen atoms in total. The van der Waals surface area contributed by atoms with Crippen molar-refractivity contribution in [2.24, 2.45) is 0 Å². The molecule has 6 heteroatoms. The summed E-state index contributed by atoms with van der Waals surface area (Å²) in [6, 6.07) is 13.6. The lowest BCUT2D eigenvalue weighted by Gasteiger charge is -2.08. The average Bonchev–Trinajstić information content (AvgIpc) is 3.24. The molecule has 0 saturated heterocycles. The van der Waals surface area contributed by atoms with Crippen LogP contribution >= 0.6 is 27.3 Å². The van der Waals surface area contributed by atoms with E-state index in [0.717, 1.165) is 32.7 Å². The second kappa shape index (κ2) is 7.05. The van der Waals surface area contributed by atoms with Crippen LogP contribution in [0.1, 0.15) is 16.8 Å². The van der Waals surface area contributed by atoms with Gasteiger partial charge in [0.25, 0.3) is 5.91 Å². The van der Waals surface area contributed by atoms with E-state index < -0.39 is 0 Å². The van der Waals surface area contributed by atoms with Crippen LogP contribution in [0.3, 0.4) is 0 Å². The Labute approximate surface area is 163 Å². The third-order valence-electron chi connectivity index (χ3n) is 4.21. The maximum atomic E-state index is 12.6. The summed E-state index contributed by atoms with van der Waals surface area (Å²) >= 11 is 5.04. The summed E-state index contributed by atoms with van der Waals surface area (Å²) in [5.41, 5.74) is 6.22. The fourth-order valence-electron chi connectivity index (χ4n) is 2.85. The second-order valence-electron chi connectivity index (χ2n) is 5.92. The molecule has 0 atom stereocenters. The van der Waals surface area contributed by atoms with Crippen LogP contribution < -0.4 is 9.64 Å². The second-order valence-corrected chi connectivity index (χ2v) is 7.56. The summed E-state index contributed by atoms with van der Waals surface area (Å²) in [5, 5.41) is 1.97. The number of ether oxygens (including phenoxy) is 1. The molecule has 1 aromatic heterocycles. The number of thiazole rings is 1. The summed E-state index contributed by atoms with van der Waals surface area (Å²) in [6.07, 6.45) is 1.92. The molecule has 1 aliphatic heterocycles. The van der Waals surface area contributed by atoms with Crippen molar-refractivity contribution in [3.05, 3.63) is 74.6 Å². The topological polar surface area (TPSA) is 42.4 Å². The average molecular weight is 427 g/mol. The van der Waals surface area contributed by atoms with Gasteiger partial charge in [-0.1, -0.05) is 28.1 Å². The Hall–Kier alpha value is -2.44. The zero-order chi connectivity index (χ0) is 18.1. The van der Waals surface area contributed by atoms with Crippen molar-refractivity contribution in [2.75, 3.05) is 11.9 Å². The Morgan fingerprint density at radius 1 is 1.23 bits per heavy atom. The maximum Gasteiger partial charge on any atom is 0.258 e. The number of anilines is 1. The van der Waals surface area contributed by atoms with Crippen LogP contribution in [-0.2, 0) is 11.4 Å². The lowest BCUT2D eigenvalue weighted by Crippen LogP contribution is -2.20. The number of benzene rings is 2. The number of amides is 1. The number of carbonyl (C=O) groups is 1. The van der Waals surface area contributed by atoms with E-state index >= 15 is 0 Å². The zero-order valence-electron chi connectivity index (χ0n) is 14.0. The largest absolute Gasteiger partial charge is 0.487 e. The minimum atomic E-state index is 0.00181. The molecule has 0 unspecified atom stereocenters. The van der Waals surface area contributed by atoms with Crippen molar-refractivity contribution in [1.82, 2.24) is 4.98 Å². The molecule has 3 aromatic rings. The summed E-state index contributed by atoms with van der Waals surface area (Å²) in [7, 11) is 1.80. The molecular formula is C20H15BrN2O2S. The van der Waals surface area contributed by atoms with Crippen molar-refractivity contribution >= 4 is 50.5 Å². The number of rotatable bonds is 4. The third kappa shape index (κ3) is 3.30. The molecule has 2 heterocycles. The van der Waals surface area contributed by atoms with Crippen LogP contribution in [0.25, 0.3) is 11.6 Å². The van der Waals surface area contributed by atoms with Crippen molar-refractivity contribution in [3.63, 3.8) is 0 Å². The fraction of sp³-hybridized carbons (Fsp3) is 0.100. The number of nitrogens with zero attached hydrogens (tertiary/aromatic N) is 2. The molecule has 0 spiro atoms. The predicted molar refractivity (Wildman–Crippen MR) is 108 cm³/mol. The highest BCUT2D eigenvalue weighted by atomic mass is 79.9. The molecule has 0 aliphatic carbocycles. The van der Waals surface area contributed by atoms with E-state index in [1.807, 2.05) is 53.9 Å². The van der Waals surface area contributed by atoms with E-state index in [9.17, 15) is 4.79 Å². The van der Waals surface area contributed by atoms with Gasteiger partial charge in [0.15, 0.2) is 0 Å². The zero-order valence-corrected chi connectivity index (χ0v) is 16.4. The smallest absolute Gasteiger partial charge is 0.258 e. The fourth-order valence-corrected chi connectivity index (χ4v) is 3.76. The van der Waals surface area contributed by atoms with Crippen molar-refractivity contribution < 1.29 is 9.53 Å². The first-order valence-corrected chi connectivity index (χ1v) is 9.75. The normalized spacial score (nSPS) is 14.8. The van der Waals surface area contributed by atoms with Crippen LogP contribution in [0.5, 0.6) is 5.75 Å². The molecule has 1 aliphatic rings. The molecule has 0 radical (unpaired) electrons. The third-order valence-corrected chi connectivity index (χ3v) is 5.33. The molecule has 26 heavy (non-hydrogen) atoms. The summed E-state index contributed by atoms with van der Waals surface area (Å²) in [4.78, 5) is 18.5. The van der Waals surface area contributed by atoms with E-state index in [4.69, 9.17) is 4.74 Å². The van der Waals surface area contributed by atoms with Gasteiger partial charge in [0, 0.05) is 28.0 Å². The van der Waals surface area contributed by atoms with Gasteiger partial charge in [0.05, 0.1) is 16.9 Å². The SMILES string of the molecule is CN1C(=O)/C(=C/c2ccc(OCc3cscn3)cc2)c2cc(Br)ccc21. The highest BCUT2D eigenvalue weighted by Crippen LogP contribution is 2.38. The van der Waals surface area contributed by atoms with Crippen LogP contribution in [0.2, 0.25) is 0 Å². The molecule has 0 saturated carbocycles. The van der Waals surface area contributed by atoms with Gasteiger partial charge in [0.2, 0.25) is 0 Å². The van der Waals surface area contributed by atoms with E-state index in [-0.39, 0.29) is 5.91 Å². The monoisotopic (exact) mass is 426 g/mol. The highest BCUT2D eigenvalue weighted by molar-refractivity contribution is 9.10. The van der Waals surface area contributed by atoms with Gasteiger partial charge in [-0.05, 0) is 42.0 Å². The number of halogens is 1. The summed E-state index contributed by atoms with van der Waals surface area (Å²) in [6.45, 7) is 0.453. The van der Waals surface area contributed by atoms with Crippen molar-refractivity contribution in [3.8, 4) is 5.75 Å². The number of aromatic nitrogens is 1. The molecule has 1 amide bonds. The molecule has 130 valence electrons. The van der Waals surface area contributed by atoms with Gasteiger partial charge in [-0.2, -0.15) is 0 Å². The Morgan fingerprint density at radius 2 is 2.04 bits per heavy atom. The molecule has 0 bridgehead atoms. The highest BCUT2D eigenvalue weighted by Gasteiger charge is 2.29. The molecule has 0 N–H and O–H groups in total. The van der Waals surface area contributed by atoms with E-state index in [0.29, 0.717) is 12.2 Å². The van der Waals surface area contributed by atoms with Gasteiger partial charge in [0.1, 0.15) is 12.4 Å². The lowest BCUT2D eigenvalue weighted by molar-refractivity contribution is -0.112. The molecule has 4 rings (SSSR count). The van der Waals surface area contributed by atoms with Gasteiger partial charge < -0.3 is 9.64 Å². The quantitative estimate of drug-likeness (QED) is 0.551. The van der Waals surface area contributed by atoms with Crippen LogP contribution in [0.15, 0.2) is 57.8 Å². The van der Waals surface area contributed by atoms with Gasteiger partial charge in [-0.15, -0.1) is 11.3 Å². The van der Waals surface area contributed by atoms with Crippen molar-refractivity contribution in [1.29, 1.82) is 0 Å². The minimum absolute atomic E-state index is 0.00181. The number of likely N-dealkylation sites (N-methyl/N-ethyl adjacent to an activating group) is 1. The number of hydrogen-bond acceptors (Lipinski definition) is 4. The van der Waals surface area contributed by atoms with Gasteiger partial charge in [-0.25, -0.2) is 4.98 Å². The maximum absolute atomic E-state index is 12.6. The Kier molecular flexibility index (Phi) is 4.61. The number of carbonyl (C=O) groups excluding carboxylic acids is 1. The van der Waals surface area contributed by atoms with Gasteiger partial charge in [-0.3, -0.25) is 4.79 Å². The standard InChI is InChI=1S/C20H15BrN2O2S/c1-23-19-7-4-14(21)9-17(19)18(20(23)24)8-13-2-5-16(6-3-13)25-10-15-11-26-12-22-15/h2-9,11-12H,10H2,1H3/b18-8+. The molecular weight excluding hydrogens is 412 g/mol. The lowest BCUT2D eigenvalue weighted by atomic mass is 10.0. The van der Waals surface area contributed by atoms with Gasteiger partial charge >= 0.3 is 0 Å².